The van der Waals surface area contributed by atoms with Gasteiger partial charge in [0.2, 0.25) is 0 Å². The Labute approximate surface area is 149 Å². The SMILES string of the molecule is C.C.C.C.C.C.C.C.C.[B]C(C)(OC)OC([B])(C)OC(C)C. The van der Waals surface area contributed by atoms with E-state index in [-0.39, 0.29) is 72.9 Å². The van der Waals surface area contributed by atoms with Gasteiger partial charge in [0.15, 0.2) is 15.7 Å². The highest BCUT2D eigenvalue weighted by molar-refractivity contribution is 6.15. The van der Waals surface area contributed by atoms with Crippen LogP contribution in [0.1, 0.15) is 94.5 Å². The van der Waals surface area contributed by atoms with E-state index in [0.717, 1.165) is 0 Å². The molecule has 3 nitrogen and oxygen atoms in total. The van der Waals surface area contributed by atoms with Gasteiger partial charge in [0.05, 0.1) is 6.10 Å². The fraction of sp³-hybridized carbons (Fsp3) is 1.00. The fourth-order valence-corrected chi connectivity index (χ4v) is 0.936. The molecule has 0 aliphatic carbocycles. The van der Waals surface area contributed by atoms with Gasteiger partial charge in [-0.3, -0.25) is 0 Å². The lowest BCUT2D eigenvalue weighted by Crippen LogP contribution is -2.46. The Kier molecular flexibility index (Phi) is 79.4. The summed E-state index contributed by atoms with van der Waals surface area (Å²) in [6, 6.07) is 0. The minimum Gasteiger partial charge on any atom is -0.363 e. The van der Waals surface area contributed by atoms with Gasteiger partial charge in [0.25, 0.3) is 0 Å². The van der Waals surface area contributed by atoms with Crippen molar-refractivity contribution in [1.29, 1.82) is 0 Å². The van der Waals surface area contributed by atoms with E-state index in [1.54, 1.807) is 13.8 Å². The van der Waals surface area contributed by atoms with E-state index in [9.17, 15) is 0 Å². The molecule has 5 heteroatoms. The molecule has 0 aromatic rings. The number of methoxy groups -OCH3 is 1. The summed E-state index contributed by atoms with van der Waals surface area (Å²) in [5.41, 5.74) is -2.48. The molecule has 0 heterocycles. The molecule has 0 rings (SSSR count). The molecule has 22 heavy (non-hydrogen) atoms. The topological polar surface area (TPSA) is 27.7 Å². The molecule has 2 unspecified atom stereocenters. The van der Waals surface area contributed by atoms with Crippen LogP contribution in [0.4, 0.5) is 0 Å². The Balaban J connectivity index is -0.0000000200. The largest absolute Gasteiger partial charge is 0.363 e. The minimum absolute atomic E-state index is 0. The molecule has 0 amide bonds. The summed E-state index contributed by atoms with van der Waals surface area (Å²) in [4.78, 5) is 0. The van der Waals surface area contributed by atoms with Crippen LogP contribution in [0.25, 0.3) is 0 Å². The van der Waals surface area contributed by atoms with Crippen LogP contribution in [0, 0.1) is 0 Å². The van der Waals surface area contributed by atoms with Crippen LogP contribution < -0.4 is 0 Å². The third-order valence-corrected chi connectivity index (χ3v) is 1.28. The van der Waals surface area contributed by atoms with E-state index in [4.69, 9.17) is 29.9 Å². The molecule has 0 aliphatic heterocycles. The van der Waals surface area contributed by atoms with Gasteiger partial charge in [-0.25, -0.2) is 0 Å². The van der Waals surface area contributed by atoms with Crippen molar-refractivity contribution in [2.24, 2.45) is 0 Å². The molecule has 144 valence electrons. The van der Waals surface area contributed by atoms with Crippen molar-refractivity contribution in [1.82, 2.24) is 0 Å². The Morgan fingerprint density at radius 2 is 0.955 bits per heavy atom. The summed E-state index contributed by atoms with van der Waals surface area (Å²) >= 11 is 0. The lowest BCUT2D eigenvalue weighted by molar-refractivity contribution is -0.279. The normalized spacial score (nSPS) is 12.5. The van der Waals surface area contributed by atoms with Crippen molar-refractivity contribution < 1.29 is 14.2 Å². The molecule has 2 atom stereocenters. The highest BCUT2D eigenvalue weighted by Crippen LogP contribution is 2.18. The molecule has 0 aromatic carbocycles. The standard InChI is InChI=1S/C8H16B2O3.9CH4/c1-6(2)12-8(4,10)13-7(3,9)11-5;;;;;;;;;/h6H,1-5H3;9*1H4. The lowest BCUT2D eigenvalue weighted by Gasteiger charge is -2.37. The monoisotopic (exact) mass is 326 g/mol. The van der Waals surface area contributed by atoms with E-state index in [0.29, 0.717) is 0 Å². The summed E-state index contributed by atoms with van der Waals surface area (Å²) in [5, 5.41) is 0. The third-order valence-electron chi connectivity index (χ3n) is 1.28. The molecule has 0 fully saturated rings. The molecule has 0 aromatic heterocycles. The van der Waals surface area contributed by atoms with Gasteiger partial charge in [0.1, 0.15) is 11.4 Å². The van der Waals surface area contributed by atoms with Crippen LogP contribution in [0.3, 0.4) is 0 Å². The van der Waals surface area contributed by atoms with Gasteiger partial charge in [-0.15, -0.1) is 0 Å². The molecule has 0 bridgehead atoms. The average Bonchev–Trinajstić information content (AvgIpc) is 1.81. The van der Waals surface area contributed by atoms with Gasteiger partial charge in [-0.1, -0.05) is 66.8 Å². The molecule has 0 N–H and O–H groups in total. The maximum absolute atomic E-state index is 5.67. The van der Waals surface area contributed by atoms with Crippen LogP contribution in [-0.2, 0) is 14.2 Å². The minimum atomic E-state index is -1.24. The Bertz CT molecular complexity index is 162. The average molecular weight is 326 g/mol. The van der Waals surface area contributed by atoms with E-state index >= 15 is 0 Å². The first-order chi connectivity index (χ1) is 5.68. The molecule has 0 saturated heterocycles. The van der Waals surface area contributed by atoms with Crippen molar-refractivity contribution in [2.75, 3.05) is 7.11 Å². The Hall–Kier alpha value is 0.00987. The fourth-order valence-electron chi connectivity index (χ4n) is 0.936. The van der Waals surface area contributed by atoms with Gasteiger partial charge in [-0.2, -0.15) is 0 Å². The summed E-state index contributed by atoms with van der Waals surface area (Å²) in [5.74, 6) is 0. The van der Waals surface area contributed by atoms with Crippen molar-refractivity contribution >= 4 is 15.7 Å². The maximum Gasteiger partial charge on any atom is 0.154 e. The summed E-state index contributed by atoms with van der Waals surface area (Å²) < 4.78 is 15.3. The van der Waals surface area contributed by atoms with E-state index in [2.05, 4.69) is 0 Å². The van der Waals surface area contributed by atoms with Gasteiger partial charge >= 0.3 is 0 Å². The van der Waals surface area contributed by atoms with Crippen molar-refractivity contribution in [3.8, 4) is 0 Å². The van der Waals surface area contributed by atoms with E-state index in [1.165, 1.54) is 7.11 Å². The van der Waals surface area contributed by atoms with Crippen LogP contribution in [0.15, 0.2) is 0 Å². The zero-order chi connectivity index (χ0) is 10.7. The maximum atomic E-state index is 5.67. The molecule has 0 spiro atoms. The molecule has 0 saturated carbocycles. The molecular weight excluding hydrogens is 274 g/mol. The summed E-state index contributed by atoms with van der Waals surface area (Å²) in [6.45, 7) is 6.85. The first kappa shape index (κ1) is 67.4. The quantitative estimate of drug-likeness (QED) is 0.427. The Morgan fingerprint density at radius 1 is 0.682 bits per heavy atom. The lowest BCUT2D eigenvalue weighted by atomic mass is 9.91. The molecule has 4 radical (unpaired) electrons. The second kappa shape index (κ2) is 25.9. The first-order valence-corrected chi connectivity index (χ1v) is 4.19. The summed E-state index contributed by atoms with van der Waals surface area (Å²) in [7, 11) is 12.7. The van der Waals surface area contributed by atoms with Crippen molar-refractivity contribution in [2.45, 2.75) is 112 Å². The zero-order valence-corrected chi connectivity index (χ0v) is 8.96. The van der Waals surface area contributed by atoms with Crippen LogP contribution in [-0.4, -0.2) is 40.3 Å². The molecule has 0 aliphatic rings. The number of rotatable bonds is 5. The van der Waals surface area contributed by atoms with Crippen molar-refractivity contribution in [3.63, 3.8) is 0 Å². The smallest absolute Gasteiger partial charge is 0.154 e. The second-order valence-corrected chi connectivity index (χ2v) is 3.50. The third kappa shape index (κ3) is 36.8. The van der Waals surface area contributed by atoms with Gasteiger partial charge in [0, 0.05) is 7.11 Å². The second-order valence-electron chi connectivity index (χ2n) is 3.50. The molecular formula is C17H52B2O3. The van der Waals surface area contributed by atoms with Crippen LogP contribution in [0.2, 0.25) is 0 Å². The van der Waals surface area contributed by atoms with Crippen LogP contribution >= 0.6 is 0 Å². The predicted molar refractivity (Wildman–Crippen MR) is 113 cm³/mol. The van der Waals surface area contributed by atoms with Crippen LogP contribution in [0.5, 0.6) is 0 Å². The first-order valence-electron chi connectivity index (χ1n) is 4.19. The predicted octanol–water partition coefficient (Wildman–Crippen LogP) is 6.48. The number of ether oxygens (including phenoxy) is 3. The number of hydrogen-bond acceptors (Lipinski definition) is 3. The van der Waals surface area contributed by atoms with Crippen molar-refractivity contribution in [3.05, 3.63) is 0 Å². The number of hydrogen-bond donors (Lipinski definition) is 0. The zero-order valence-electron chi connectivity index (χ0n) is 8.96. The highest BCUT2D eigenvalue weighted by Gasteiger charge is 2.29. The Morgan fingerprint density at radius 3 is 1.14 bits per heavy atom. The van der Waals surface area contributed by atoms with Gasteiger partial charge in [-0.05, 0) is 27.7 Å². The van der Waals surface area contributed by atoms with Gasteiger partial charge < -0.3 is 14.2 Å². The van der Waals surface area contributed by atoms with E-state index < -0.39 is 11.4 Å². The highest BCUT2D eigenvalue weighted by atomic mass is 16.8. The summed E-state index contributed by atoms with van der Waals surface area (Å²) in [6.07, 6.45) is -0.0392. The van der Waals surface area contributed by atoms with E-state index in [1.807, 2.05) is 13.8 Å².